The summed E-state index contributed by atoms with van der Waals surface area (Å²) in [5.41, 5.74) is 0.962. The summed E-state index contributed by atoms with van der Waals surface area (Å²) in [6, 6.07) is 9.59. The summed E-state index contributed by atoms with van der Waals surface area (Å²) in [6.45, 7) is 5.49. The molecule has 1 N–H and O–H groups in total. The summed E-state index contributed by atoms with van der Waals surface area (Å²) in [7, 11) is 1.42. The number of ether oxygens (including phenoxy) is 4. The van der Waals surface area contributed by atoms with Crippen LogP contribution in [0.25, 0.3) is 0 Å². The Morgan fingerprint density at radius 2 is 1.81 bits per heavy atom. The van der Waals surface area contributed by atoms with Crippen LogP contribution in [0.15, 0.2) is 30.3 Å². The fraction of sp³-hybridized carbons (Fsp3) is 0.667. The van der Waals surface area contributed by atoms with Gasteiger partial charge in [-0.05, 0) is 31.2 Å². The molecule has 180 valence electrons. The van der Waals surface area contributed by atoms with Crippen molar-refractivity contribution in [1.82, 2.24) is 10.2 Å². The van der Waals surface area contributed by atoms with Gasteiger partial charge in [0.15, 0.2) is 0 Å². The molecule has 1 aliphatic heterocycles. The lowest BCUT2D eigenvalue weighted by molar-refractivity contribution is -0.140. The number of unbranched alkanes of at least 4 members (excludes halogenated alkanes) is 2. The molecule has 2 rings (SSSR count). The number of hydrogen-bond acceptors (Lipinski definition) is 7. The summed E-state index contributed by atoms with van der Waals surface area (Å²) >= 11 is 0. The Hall–Kier alpha value is -2.16. The van der Waals surface area contributed by atoms with Crippen molar-refractivity contribution < 1.29 is 28.5 Å². The lowest BCUT2D eigenvalue weighted by atomic mass is 10.1. The second-order valence-corrected chi connectivity index (χ2v) is 7.90. The molecule has 1 aliphatic rings. The lowest BCUT2D eigenvalue weighted by Crippen LogP contribution is -2.39. The first-order valence-electron chi connectivity index (χ1n) is 11.6. The number of methoxy groups -OCH3 is 1. The Balaban J connectivity index is 1.37. The fourth-order valence-electron chi connectivity index (χ4n) is 3.49. The van der Waals surface area contributed by atoms with E-state index in [-0.39, 0.29) is 12.6 Å². The Morgan fingerprint density at radius 3 is 2.56 bits per heavy atom. The van der Waals surface area contributed by atoms with E-state index in [0.29, 0.717) is 32.3 Å². The molecule has 0 radical (unpaired) electrons. The Bertz CT molecular complexity index is 635. The second kappa shape index (κ2) is 16.5. The molecule has 1 aromatic carbocycles. The predicted molar refractivity (Wildman–Crippen MR) is 121 cm³/mol. The summed E-state index contributed by atoms with van der Waals surface area (Å²) in [5, 5.41) is 2.70. The second-order valence-electron chi connectivity index (χ2n) is 7.90. The van der Waals surface area contributed by atoms with E-state index in [4.69, 9.17) is 14.2 Å². The van der Waals surface area contributed by atoms with Crippen molar-refractivity contribution in [2.45, 2.75) is 51.2 Å². The van der Waals surface area contributed by atoms with Crippen molar-refractivity contribution >= 4 is 12.1 Å². The van der Waals surface area contributed by atoms with Crippen LogP contribution in [0.3, 0.4) is 0 Å². The van der Waals surface area contributed by atoms with Gasteiger partial charge in [-0.3, -0.25) is 4.79 Å². The quantitative estimate of drug-likeness (QED) is 0.324. The Morgan fingerprint density at radius 1 is 1.03 bits per heavy atom. The lowest BCUT2D eigenvalue weighted by Gasteiger charge is -2.31. The highest BCUT2D eigenvalue weighted by molar-refractivity contribution is 5.69. The van der Waals surface area contributed by atoms with Crippen molar-refractivity contribution in [3.8, 4) is 0 Å². The largest absolute Gasteiger partial charge is 0.469 e. The third-order valence-corrected chi connectivity index (χ3v) is 5.42. The van der Waals surface area contributed by atoms with Crippen LogP contribution in [0.5, 0.6) is 0 Å². The van der Waals surface area contributed by atoms with E-state index in [0.717, 1.165) is 63.9 Å². The molecule has 0 spiro atoms. The zero-order chi connectivity index (χ0) is 22.9. The molecule has 0 unspecified atom stereocenters. The van der Waals surface area contributed by atoms with Crippen LogP contribution in [0.4, 0.5) is 4.79 Å². The maximum Gasteiger partial charge on any atom is 0.407 e. The zero-order valence-electron chi connectivity index (χ0n) is 19.3. The maximum atomic E-state index is 11.7. The standard InChI is InChI=1S/C24H38N2O6/c1-29-23(27)10-6-3-7-17-31-22-11-14-26(15-12-22)16-19-30-18-13-25-24(28)32-20-21-8-4-2-5-9-21/h2,4-5,8-9,22H,3,6-7,10-20H2,1H3,(H,25,28). The van der Waals surface area contributed by atoms with Crippen molar-refractivity contribution in [2.75, 3.05) is 53.1 Å². The van der Waals surface area contributed by atoms with Gasteiger partial charge in [-0.25, -0.2) is 4.79 Å². The highest BCUT2D eigenvalue weighted by Crippen LogP contribution is 2.14. The number of amides is 1. The molecule has 1 aromatic rings. The minimum absolute atomic E-state index is 0.139. The molecule has 1 fully saturated rings. The van der Waals surface area contributed by atoms with Crippen LogP contribution in [0.1, 0.15) is 44.1 Å². The summed E-state index contributed by atoms with van der Waals surface area (Å²) < 4.78 is 21.4. The normalized spacial score (nSPS) is 14.8. The van der Waals surface area contributed by atoms with Gasteiger partial charge in [0.2, 0.25) is 0 Å². The van der Waals surface area contributed by atoms with Gasteiger partial charge < -0.3 is 29.2 Å². The zero-order valence-corrected chi connectivity index (χ0v) is 19.3. The first-order valence-corrected chi connectivity index (χ1v) is 11.6. The van der Waals surface area contributed by atoms with Gasteiger partial charge in [0.25, 0.3) is 0 Å². The Kier molecular flexibility index (Phi) is 13.4. The van der Waals surface area contributed by atoms with Gasteiger partial charge in [-0.2, -0.15) is 0 Å². The fourth-order valence-corrected chi connectivity index (χ4v) is 3.49. The first-order chi connectivity index (χ1) is 15.7. The van der Waals surface area contributed by atoms with Crippen LogP contribution in [-0.4, -0.2) is 76.2 Å². The van der Waals surface area contributed by atoms with E-state index >= 15 is 0 Å². The number of esters is 1. The number of nitrogens with one attached hydrogen (secondary N) is 1. The van der Waals surface area contributed by atoms with Gasteiger partial charge in [-0.15, -0.1) is 0 Å². The van der Waals surface area contributed by atoms with Crippen molar-refractivity contribution in [3.05, 3.63) is 35.9 Å². The number of likely N-dealkylation sites (tertiary alicyclic amines) is 1. The number of hydrogen-bond donors (Lipinski definition) is 1. The van der Waals surface area contributed by atoms with E-state index in [2.05, 4.69) is 15.0 Å². The highest BCUT2D eigenvalue weighted by Gasteiger charge is 2.19. The minimum Gasteiger partial charge on any atom is -0.469 e. The number of piperidine rings is 1. The molecule has 1 saturated heterocycles. The van der Waals surface area contributed by atoms with Crippen LogP contribution in [0, 0.1) is 0 Å². The minimum atomic E-state index is -0.428. The summed E-state index contributed by atoms with van der Waals surface area (Å²) in [5.74, 6) is -0.139. The van der Waals surface area contributed by atoms with Crippen LogP contribution >= 0.6 is 0 Å². The third-order valence-electron chi connectivity index (χ3n) is 5.42. The van der Waals surface area contributed by atoms with Gasteiger partial charge in [0.1, 0.15) is 6.61 Å². The van der Waals surface area contributed by atoms with Crippen LogP contribution in [0.2, 0.25) is 0 Å². The molecule has 8 heteroatoms. The molecule has 1 amide bonds. The number of benzene rings is 1. The SMILES string of the molecule is COC(=O)CCCCCOC1CCN(CCOCCNC(=O)OCc2ccccc2)CC1. The van der Waals surface area contributed by atoms with E-state index in [9.17, 15) is 9.59 Å². The first kappa shape index (κ1) is 26.1. The van der Waals surface area contributed by atoms with Gasteiger partial charge in [0, 0.05) is 39.2 Å². The average molecular weight is 451 g/mol. The maximum absolute atomic E-state index is 11.7. The van der Waals surface area contributed by atoms with Crippen molar-refractivity contribution in [2.24, 2.45) is 0 Å². The average Bonchev–Trinajstić information content (AvgIpc) is 2.83. The van der Waals surface area contributed by atoms with Gasteiger partial charge in [0.05, 0.1) is 26.4 Å². The van der Waals surface area contributed by atoms with E-state index in [1.54, 1.807) is 0 Å². The molecule has 0 saturated carbocycles. The molecule has 0 aliphatic carbocycles. The van der Waals surface area contributed by atoms with Crippen LogP contribution in [-0.2, 0) is 30.3 Å². The smallest absolute Gasteiger partial charge is 0.407 e. The van der Waals surface area contributed by atoms with Gasteiger partial charge in [-0.1, -0.05) is 36.8 Å². The topological polar surface area (TPSA) is 86.3 Å². The molecule has 8 nitrogen and oxygen atoms in total. The summed E-state index contributed by atoms with van der Waals surface area (Å²) in [6.07, 6.45) is 5.31. The number of carbonyl (C=O) groups is 2. The van der Waals surface area contributed by atoms with E-state index in [1.165, 1.54) is 7.11 Å². The summed E-state index contributed by atoms with van der Waals surface area (Å²) in [4.78, 5) is 25.1. The van der Waals surface area contributed by atoms with E-state index < -0.39 is 6.09 Å². The molecule has 0 bridgehead atoms. The van der Waals surface area contributed by atoms with Gasteiger partial charge >= 0.3 is 12.1 Å². The molecule has 0 aromatic heterocycles. The monoisotopic (exact) mass is 450 g/mol. The number of rotatable bonds is 15. The third kappa shape index (κ3) is 12.0. The van der Waals surface area contributed by atoms with Crippen molar-refractivity contribution in [1.29, 1.82) is 0 Å². The highest BCUT2D eigenvalue weighted by atomic mass is 16.5. The van der Waals surface area contributed by atoms with E-state index in [1.807, 2.05) is 30.3 Å². The number of nitrogens with zero attached hydrogens (tertiary/aromatic N) is 1. The van der Waals surface area contributed by atoms with Crippen LogP contribution < -0.4 is 5.32 Å². The molecule has 0 atom stereocenters. The molecule has 1 heterocycles. The number of alkyl carbamates (subject to hydrolysis) is 1. The van der Waals surface area contributed by atoms with Crippen molar-refractivity contribution in [3.63, 3.8) is 0 Å². The molecule has 32 heavy (non-hydrogen) atoms. The molecular weight excluding hydrogens is 412 g/mol. The Labute approximate surface area is 191 Å². The molecular formula is C24H38N2O6. The number of carbonyl (C=O) groups excluding carboxylic acids is 2. The predicted octanol–water partition coefficient (Wildman–Crippen LogP) is 3.14.